The molecule has 1 aliphatic heterocycles. The molecule has 0 saturated heterocycles. The summed E-state index contributed by atoms with van der Waals surface area (Å²) in [6.07, 6.45) is 5.52. The molecule has 0 bridgehead atoms. The Morgan fingerprint density at radius 2 is 2.18 bits per heavy atom. The first-order valence-corrected chi connectivity index (χ1v) is 3.51. The average Bonchev–Trinajstić information content (AvgIpc) is 2.28. The lowest BCUT2D eigenvalue weighted by Gasteiger charge is -2.00. The summed E-state index contributed by atoms with van der Waals surface area (Å²) < 4.78 is 0. The molecule has 54 valence electrons. The van der Waals surface area contributed by atoms with Gasteiger partial charge in [-0.2, -0.15) is 0 Å². The van der Waals surface area contributed by atoms with E-state index in [0.29, 0.717) is 0 Å². The molecule has 0 radical (unpaired) electrons. The van der Waals surface area contributed by atoms with Crippen LogP contribution >= 0.6 is 0 Å². The van der Waals surface area contributed by atoms with E-state index >= 15 is 0 Å². The van der Waals surface area contributed by atoms with E-state index < -0.39 is 0 Å². The lowest BCUT2D eigenvalue weighted by atomic mass is 10.3. The molecule has 0 saturated carbocycles. The van der Waals surface area contributed by atoms with Gasteiger partial charge in [0.2, 0.25) is 0 Å². The van der Waals surface area contributed by atoms with Crippen molar-refractivity contribution in [3.8, 4) is 0 Å². The second-order valence-corrected chi connectivity index (χ2v) is 2.30. The Morgan fingerprint density at radius 3 is 3.18 bits per heavy atom. The van der Waals surface area contributed by atoms with Crippen molar-refractivity contribution in [2.75, 3.05) is 5.32 Å². The third kappa shape index (κ3) is 1.15. The number of nitrogens with zero attached hydrogens (tertiary/aromatic N) is 1. The predicted octanol–water partition coefficient (Wildman–Crippen LogP) is 2.44. The molecule has 0 fully saturated rings. The molecule has 0 spiro atoms. The van der Waals surface area contributed by atoms with E-state index in [2.05, 4.69) is 10.3 Å². The van der Waals surface area contributed by atoms with Crippen LogP contribution in [0.2, 0.25) is 0 Å². The van der Waals surface area contributed by atoms with Gasteiger partial charge in [-0.15, -0.1) is 0 Å². The van der Waals surface area contributed by atoms with Gasteiger partial charge in [0, 0.05) is 12.4 Å². The monoisotopic (exact) mass is 145 g/mol. The Kier molecular flexibility index (Phi) is 1.44. The van der Waals surface area contributed by atoms with E-state index in [1.165, 1.54) is 0 Å². The minimum Gasteiger partial charge on any atom is -0.360 e. The van der Waals surface area contributed by atoms with Gasteiger partial charge in [-0.1, -0.05) is 12.1 Å². The number of rotatable bonds is 0. The molecule has 0 aromatic heterocycles. The van der Waals surface area contributed by atoms with Crippen LogP contribution in [0.3, 0.4) is 0 Å². The number of aliphatic imine (C=N–C) groups is 1. The van der Waals surface area contributed by atoms with Gasteiger partial charge in [0.25, 0.3) is 0 Å². The SMILES string of the molecule is C1=CNc2ccccc2N=C1.[H+]. The summed E-state index contributed by atoms with van der Waals surface area (Å²) in [5.41, 5.74) is 2.04. The van der Waals surface area contributed by atoms with Crippen LogP contribution in [0, 0.1) is 0 Å². The van der Waals surface area contributed by atoms with Gasteiger partial charge >= 0.3 is 1.43 Å². The Bertz CT molecular complexity index is 318. The molecule has 1 N–H and O–H groups in total. The highest BCUT2D eigenvalue weighted by atomic mass is 14.9. The Hall–Kier alpha value is -1.57. The second-order valence-electron chi connectivity index (χ2n) is 2.30. The summed E-state index contributed by atoms with van der Waals surface area (Å²) in [6.45, 7) is 0. The van der Waals surface area contributed by atoms with Crippen molar-refractivity contribution in [1.82, 2.24) is 0 Å². The topological polar surface area (TPSA) is 24.4 Å². The standard InChI is InChI=1S/C9H8N2/c1-2-5-9-8(4-1)10-6-3-7-11-9/h1-7,10H/p+1. The normalized spacial score (nSPS) is 13.5. The largest absolute Gasteiger partial charge is 1.00 e. The second kappa shape index (κ2) is 2.58. The van der Waals surface area contributed by atoms with E-state index in [-0.39, 0.29) is 1.43 Å². The number of allylic oxidation sites excluding steroid dienone is 1. The zero-order chi connectivity index (χ0) is 7.52. The summed E-state index contributed by atoms with van der Waals surface area (Å²) >= 11 is 0. The van der Waals surface area contributed by atoms with Gasteiger partial charge in [-0.25, -0.2) is 0 Å². The van der Waals surface area contributed by atoms with Gasteiger partial charge < -0.3 is 5.32 Å². The van der Waals surface area contributed by atoms with Gasteiger partial charge in [0.15, 0.2) is 0 Å². The number of hydrogen-bond acceptors (Lipinski definition) is 2. The number of benzene rings is 1. The number of nitrogens with one attached hydrogen (secondary N) is 1. The summed E-state index contributed by atoms with van der Waals surface area (Å²) in [7, 11) is 0. The third-order valence-corrected chi connectivity index (χ3v) is 1.54. The Labute approximate surface area is 66.8 Å². The molecule has 0 atom stereocenters. The Morgan fingerprint density at radius 1 is 1.27 bits per heavy atom. The van der Waals surface area contributed by atoms with E-state index in [0.717, 1.165) is 11.4 Å². The average molecular weight is 145 g/mol. The van der Waals surface area contributed by atoms with Crippen molar-refractivity contribution >= 4 is 17.6 Å². The predicted molar refractivity (Wildman–Crippen MR) is 48.5 cm³/mol. The maximum absolute atomic E-state index is 4.21. The minimum atomic E-state index is 0. The van der Waals surface area contributed by atoms with E-state index in [1.54, 1.807) is 6.21 Å². The fraction of sp³-hybridized carbons (Fsp3) is 0. The molecule has 1 heterocycles. The van der Waals surface area contributed by atoms with Gasteiger partial charge in [-0.3, -0.25) is 4.99 Å². The fourth-order valence-electron chi connectivity index (χ4n) is 1.01. The van der Waals surface area contributed by atoms with Gasteiger partial charge in [-0.05, 0) is 18.2 Å². The van der Waals surface area contributed by atoms with Crippen LogP contribution in [-0.2, 0) is 0 Å². The van der Waals surface area contributed by atoms with Crippen molar-refractivity contribution in [2.24, 2.45) is 4.99 Å². The third-order valence-electron chi connectivity index (χ3n) is 1.54. The molecule has 2 rings (SSSR count). The molecule has 11 heavy (non-hydrogen) atoms. The van der Waals surface area contributed by atoms with Crippen LogP contribution in [-0.4, -0.2) is 6.21 Å². The van der Waals surface area contributed by atoms with Crippen molar-refractivity contribution < 1.29 is 1.43 Å². The smallest absolute Gasteiger partial charge is 0.360 e. The number of fused-ring (bicyclic) bond motifs is 1. The first kappa shape index (κ1) is 6.16. The summed E-state index contributed by atoms with van der Waals surface area (Å²) in [6, 6.07) is 7.94. The highest BCUT2D eigenvalue weighted by Gasteiger charge is 1.96. The van der Waals surface area contributed by atoms with Crippen LogP contribution in [0.5, 0.6) is 0 Å². The van der Waals surface area contributed by atoms with Crippen LogP contribution < -0.4 is 5.32 Å². The molecule has 0 aliphatic carbocycles. The summed E-state index contributed by atoms with van der Waals surface area (Å²) in [5.74, 6) is 0. The quantitative estimate of drug-likeness (QED) is 0.595. The molecule has 1 aromatic carbocycles. The number of anilines is 1. The molecule has 0 amide bonds. The number of para-hydroxylation sites is 2. The highest BCUT2D eigenvalue weighted by Crippen LogP contribution is 2.24. The van der Waals surface area contributed by atoms with Crippen LogP contribution in [0.25, 0.3) is 0 Å². The van der Waals surface area contributed by atoms with Gasteiger partial charge in [0.1, 0.15) is 0 Å². The zero-order valence-electron chi connectivity index (χ0n) is 6.99. The molecule has 2 nitrogen and oxygen atoms in total. The van der Waals surface area contributed by atoms with Gasteiger partial charge in [0.05, 0.1) is 11.4 Å². The van der Waals surface area contributed by atoms with Crippen molar-refractivity contribution in [1.29, 1.82) is 0 Å². The van der Waals surface area contributed by atoms with Crippen molar-refractivity contribution in [3.05, 3.63) is 36.5 Å². The first-order valence-electron chi connectivity index (χ1n) is 3.51. The van der Waals surface area contributed by atoms with E-state index in [9.17, 15) is 0 Å². The molecule has 2 heteroatoms. The fourth-order valence-corrected chi connectivity index (χ4v) is 1.01. The molecular formula is C9H9N2+. The molecule has 1 aromatic rings. The zero-order valence-corrected chi connectivity index (χ0v) is 5.99. The lowest BCUT2D eigenvalue weighted by Crippen LogP contribution is -1.84. The first-order chi connectivity index (χ1) is 5.47. The van der Waals surface area contributed by atoms with E-state index in [1.807, 2.05) is 36.5 Å². The number of hydrogen-bond donors (Lipinski definition) is 1. The maximum Gasteiger partial charge on any atom is 1.00 e. The van der Waals surface area contributed by atoms with Crippen LogP contribution in [0.1, 0.15) is 1.43 Å². The van der Waals surface area contributed by atoms with Crippen molar-refractivity contribution in [2.45, 2.75) is 0 Å². The molecular weight excluding hydrogens is 136 g/mol. The maximum atomic E-state index is 4.21. The lowest BCUT2D eigenvalue weighted by molar-refractivity contribution is 1.52. The minimum absolute atomic E-state index is 0. The van der Waals surface area contributed by atoms with Crippen molar-refractivity contribution in [3.63, 3.8) is 0 Å². The highest BCUT2D eigenvalue weighted by molar-refractivity contribution is 5.81. The Balaban J connectivity index is 0.000000720. The summed E-state index contributed by atoms with van der Waals surface area (Å²) in [4.78, 5) is 4.21. The molecule has 0 unspecified atom stereocenters. The van der Waals surface area contributed by atoms with Crippen LogP contribution in [0.15, 0.2) is 41.5 Å². The van der Waals surface area contributed by atoms with E-state index in [4.69, 9.17) is 0 Å². The molecule has 1 aliphatic rings. The van der Waals surface area contributed by atoms with Crippen LogP contribution in [0.4, 0.5) is 11.4 Å². The summed E-state index contributed by atoms with van der Waals surface area (Å²) in [5, 5.41) is 3.12.